The molecule has 2 rings (SSSR count). The van der Waals surface area contributed by atoms with Crippen LogP contribution in [0.15, 0.2) is 49.0 Å². The topological polar surface area (TPSA) is 55.4 Å². The van der Waals surface area contributed by atoms with Gasteiger partial charge in [0, 0.05) is 5.02 Å². The van der Waals surface area contributed by atoms with E-state index in [9.17, 15) is 9.59 Å². The molecule has 0 bridgehead atoms. The van der Waals surface area contributed by atoms with E-state index >= 15 is 0 Å². The average Bonchev–Trinajstić information content (AvgIpc) is 2.56. The largest absolute Gasteiger partial charge is 0.465 e. The van der Waals surface area contributed by atoms with Crippen molar-refractivity contribution >= 4 is 35.2 Å². The van der Waals surface area contributed by atoms with Crippen LogP contribution >= 0.6 is 11.6 Å². The molecule has 1 amide bonds. The highest BCUT2D eigenvalue weighted by atomic mass is 35.5. The van der Waals surface area contributed by atoms with Crippen molar-refractivity contribution in [2.75, 3.05) is 12.4 Å². The second kappa shape index (κ2) is 7.61. The Morgan fingerprint density at radius 2 is 1.91 bits per heavy atom. The third-order valence-corrected chi connectivity index (χ3v) is 3.51. The second-order valence-electron chi connectivity index (χ2n) is 4.82. The van der Waals surface area contributed by atoms with Gasteiger partial charge in [0.05, 0.1) is 24.8 Å². The first-order valence-electron chi connectivity index (χ1n) is 6.93. The molecule has 0 aliphatic rings. The Balaban J connectivity index is 2.22. The van der Waals surface area contributed by atoms with Gasteiger partial charge >= 0.3 is 5.97 Å². The number of carbonyl (C=O) groups excluding carboxylic acids is 2. The first-order valence-corrected chi connectivity index (χ1v) is 7.31. The molecule has 23 heavy (non-hydrogen) atoms. The number of benzene rings is 2. The molecular weight excluding hydrogens is 314 g/mol. The van der Waals surface area contributed by atoms with Crippen LogP contribution in [0.3, 0.4) is 0 Å². The van der Waals surface area contributed by atoms with E-state index in [1.807, 2.05) is 0 Å². The van der Waals surface area contributed by atoms with Crippen molar-refractivity contribution in [3.05, 3.63) is 70.8 Å². The lowest BCUT2D eigenvalue weighted by atomic mass is 10.0. The third-order valence-electron chi connectivity index (χ3n) is 3.26. The summed E-state index contributed by atoms with van der Waals surface area (Å²) in [4.78, 5) is 24.2. The SMILES string of the molecule is C=Cc1cccc(NC(=O)Cc2ccc(Cl)cc2)c1C(=O)OC. The molecule has 0 fully saturated rings. The van der Waals surface area contributed by atoms with E-state index in [0.29, 0.717) is 16.3 Å². The van der Waals surface area contributed by atoms with Crippen LogP contribution < -0.4 is 5.32 Å². The number of carbonyl (C=O) groups is 2. The van der Waals surface area contributed by atoms with Gasteiger partial charge in [0.25, 0.3) is 0 Å². The molecule has 2 aromatic rings. The monoisotopic (exact) mass is 329 g/mol. The molecule has 0 radical (unpaired) electrons. The molecule has 0 heterocycles. The molecule has 0 aliphatic heterocycles. The summed E-state index contributed by atoms with van der Waals surface area (Å²) in [6.07, 6.45) is 1.72. The predicted molar refractivity (Wildman–Crippen MR) is 91.7 cm³/mol. The van der Waals surface area contributed by atoms with Gasteiger partial charge in [-0.05, 0) is 29.3 Å². The summed E-state index contributed by atoms with van der Waals surface area (Å²) in [5.74, 6) is -0.763. The molecule has 4 nitrogen and oxygen atoms in total. The maximum Gasteiger partial charge on any atom is 0.340 e. The fourth-order valence-electron chi connectivity index (χ4n) is 2.16. The van der Waals surface area contributed by atoms with Gasteiger partial charge in [0.2, 0.25) is 5.91 Å². The first kappa shape index (κ1) is 16.8. The fraction of sp³-hybridized carbons (Fsp3) is 0.111. The number of hydrogen-bond donors (Lipinski definition) is 1. The van der Waals surface area contributed by atoms with E-state index < -0.39 is 5.97 Å². The van der Waals surface area contributed by atoms with Crippen molar-refractivity contribution in [1.29, 1.82) is 0 Å². The van der Waals surface area contributed by atoms with Crippen LogP contribution in [0, 0.1) is 0 Å². The zero-order valence-electron chi connectivity index (χ0n) is 12.6. The third kappa shape index (κ3) is 4.20. The molecular formula is C18H16ClNO3. The summed E-state index contributed by atoms with van der Waals surface area (Å²) in [5.41, 5.74) is 2.11. The molecule has 1 N–H and O–H groups in total. The number of halogens is 1. The molecule has 0 saturated heterocycles. The van der Waals surface area contributed by atoms with Gasteiger partial charge in [-0.3, -0.25) is 4.79 Å². The molecule has 5 heteroatoms. The Labute approximate surface area is 139 Å². The summed E-state index contributed by atoms with van der Waals surface area (Å²) >= 11 is 5.82. The van der Waals surface area contributed by atoms with Crippen LogP contribution in [0.25, 0.3) is 6.08 Å². The van der Waals surface area contributed by atoms with Crippen molar-refractivity contribution in [3.8, 4) is 0 Å². The van der Waals surface area contributed by atoms with E-state index in [0.717, 1.165) is 5.56 Å². The molecule has 2 aromatic carbocycles. The van der Waals surface area contributed by atoms with Crippen molar-refractivity contribution < 1.29 is 14.3 Å². The number of esters is 1. The number of ether oxygens (including phenoxy) is 1. The maximum absolute atomic E-state index is 12.2. The number of anilines is 1. The minimum atomic E-state index is -0.526. The van der Waals surface area contributed by atoms with Crippen LogP contribution in [-0.4, -0.2) is 19.0 Å². The number of hydrogen-bond acceptors (Lipinski definition) is 3. The summed E-state index contributed by atoms with van der Waals surface area (Å²) in [6.45, 7) is 3.67. The van der Waals surface area contributed by atoms with E-state index in [4.69, 9.17) is 16.3 Å². The van der Waals surface area contributed by atoms with Crippen molar-refractivity contribution in [2.24, 2.45) is 0 Å². The zero-order valence-corrected chi connectivity index (χ0v) is 13.4. The van der Waals surface area contributed by atoms with Gasteiger partial charge in [-0.25, -0.2) is 4.79 Å². The van der Waals surface area contributed by atoms with E-state index in [1.54, 1.807) is 48.5 Å². The number of amides is 1. The Hall–Kier alpha value is -2.59. The lowest BCUT2D eigenvalue weighted by Crippen LogP contribution is -2.18. The average molecular weight is 330 g/mol. The molecule has 0 saturated carbocycles. The van der Waals surface area contributed by atoms with Crippen LogP contribution in [0.5, 0.6) is 0 Å². The van der Waals surface area contributed by atoms with Gasteiger partial charge in [-0.2, -0.15) is 0 Å². The Bertz CT molecular complexity index is 738. The van der Waals surface area contributed by atoms with Crippen LogP contribution in [0.4, 0.5) is 5.69 Å². The van der Waals surface area contributed by atoms with Gasteiger partial charge in [0.1, 0.15) is 0 Å². The highest BCUT2D eigenvalue weighted by Crippen LogP contribution is 2.22. The Morgan fingerprint density at radius 1 is 1.22 bits per heavy atom. The smallest absolute Gasteiger partial charge is 0.340 e. The summed E-state index contributed by atoms with van der Waals surface area (Å²) in [6, 6.07) is 12.1. The molecule has 0 spiro atoms. The lowest BCUT2D eigenvalue weighted by Gasteiger charge is -2.12. The fourth-order valence-corrected chi connectivity index (χ4v) is 2.28. The summed E-state index contributed by atoms with van der Waals surface area (Å²) < 4.78 is 4.78. The quantitative estimate of drug-likeness (QED) is 0.845. The highest BCUT2D eigenvalue weighted by molar-refractivity contribution is 6.30. The van der Waals surface area contributed by atoms with E-state index in [-0.39, 0.29) is 17.9 Å². The Kier molecular flexibility index (Phi) is 5.55. The van der Waals surface area contributed by atoms with Crippen LogP contribution in [-0.2, 0) is 16.0 Å². The maximum atomic E-state index is 12.2. The minimum Gasteiger partial charge on any atom is -0.465 e. The van der Waals surface area contributed by atoms with Crippen molar-refractivity contribution in [2.45, 2.75) is 6.42 Å². The van der Waals surface area contributed by atoms with Gasteiger partial charge < -0.3 is 10.1 Å². The predicted octanol–water partition coefficient (Wildman–Crippen LogP) is 3.95. The molecule has 0 atom stereocenters. The number of nitrogens with one attached hydrogen (secondary N) is 1. The van der Waals surface area contributed by atoms with Crippen LogP contribution in [0.2, 0.25) is 5.02 Å². The van der Waals surface area contributed by atoms with Crippen molar-refractivity contribution in [1.82, 2.24) is 0 Å². The zero-order chi connectivity index (χ0) is 16.8. The standard InChI is InChI=1S/C18H16ClNO3/c1-3-13-5-4-6-15(17(13)18(22)23-2)20-16(21)11-12-7-9-14(19)10-8-12/h3-10H,1,11H2,2H3,(H,20,21). The summed E-state index contributed by atoms with van der Waals surface area (Å²) in [5, 5.41) is 3.35. The van der Waals surface area contributed by atoms with Crippen molar-refractivity contribution in [3.63, 3.8) is 0 Å². The number of rotatable bonds is 5. The van der Waals surface area contributed by atoms with E-state index in [2.05, 4.69) is 11.9 Å². The Morgan fingerprint density at radius 3 is 2.52 bits per heavy atom. The molecule has 0 aromatic heterocycles. The highest BCUT2D eigenvalue weighted by Gasteiger charge is 2.17. The van der Waals surface area contributed by atoms with Crippen LogP contribution in [0.1, 0.15) is 21.5 Å². The van der Waals surface area contributed by atoms with Gasteiger partial charge in [-0.15, -0.1) is 0 Å². The van der Waals surface area contributed by atoms with Gasteiger partial charge in [0.15, 0.2) is 0 Å². The normalized spacial score (nSPS) is 10.0. The molecule has 118 valence electrons. The summed E-state index contributed by atoms with van der Waals surface area (Å²) in [7, 11) is 1.29. The lowest BCUT2D eigenvalue weighted by molar-refractivity contribution is -0.115. The number of methoxy groups -OCH3 is 1. The molecule has 0 aliphatic carbocycles. The molecule has 0 unspecified atom stereocenters. The first-order chi connectivity index (χ1) is 11.0. The van der Waals surface area contributed by atoms with Gasteiger partial charge in [-0.1, -0.05) is 48.5 Å². The van der Waals surface area contributed by atoms with E-state index in [1.165, 1.54) is 7.11 Å². The second-order valence-corrected chi connectivity index (χ2v) is 5.25. The minimum absolute atomic E-state index is 0.177.